The van der Waals surface area contributed by atoms with E-state index in [1.165, 1.54) is 29.4 Å². The van der Waals surface area contributed by atoms with E-state index in [1.54, 1.807) is 6.20 Å². The second kappa shape index (κ2) is 9.86. The van der Waals surface area contributed by atoms with Crippen LogP contribution in [0.1, 0.15) is 25.8 Å². The average molecular weight is 558 g/mol. The zero-order valence-electron chi connectivity index (χ0n) is 21.7. The molecule has 2 aromatic heterocycles. The first kappa shape index (κ1) is 26.2. The van der Waals surface area contributed by atoms with E-state index in [4.69, 9.17) is 14.2 Å². The molecule has 11 nitrogen and oxygen atoms in total. The van der Waals surface area contributed by atoms with Gasteiger partial charge in [-0.05, 0) is 32.4 Å². The van der Waals surface area contributed by atoms with Crippen molar-refractivity contribution in [3.05, 3.63) is 48.4 Å². The number of carbonyl (C=O) groups excluding carboxylic acids is 1. The van der Waals surface area contributed by atoms with Gasteiger partial charge in [-0.2, -0.15) is 13.2 Å². The molecular formula is C26H26F3N7O4. The van der Waals surface area contributed by atoms with Crippen LogP contribution in [0.3, 0.4) is 0 Å². The lowest BCUT2D eigenvalue weighted by Gasteiger charge is -2.35. The van der Waals surface area contributed by atoms with Crippen molar-refractivity contribution in [3.63, 3.8) is 0 Å². The van der Waals surface area contributed by atoms with Crippen LogP contribution in [0.25, 0.3) is 11.4 Å². The molecule has 0 unspecified atom stereocenters. The third-order valence-corrected chi connectivity index (χ3v) is 6.86. The quantitative estimate of drug-likeness (QED) is 0.495. The number of hydrogen-bond acceptors (Lipinski definition) is 9. The van der Waals surface area contributed by atoms with Gasteiger partial charge in [-0.15, -0.1) is 0 Å². The Morgan fingerprint density at radius 2 is 2.00 bits per heavy atom. The molecule has 2 bridgehead atoms. The molecule has 2 fully saturated rings. The maximum atomic E-state index is 13.4. The van der Waals surface area contributed by atoms with Gasteiger partial charge in [-0.25, -0.2) is 24.7 Å². The lowest BCUT2D eigenvalue weighted by atomic mass is 10.1. The van der Waals surface area contributed by atoms with Gasteiger partial charge in [0, 0.05) is 18.7 Å². The molecule has 3 aliphatic rings. The van der Waals surface area contributed by atoms with Crippen molar-refractivity contribution in [1.82, 2.24) is 19.9 Å². The summed E-state index contributed by atoms with van der Waals surface area (Å²) in [5, 5.41) is 2.70. The van der Waals surface area contributed by atoms with Crippen LogP contribution in [0.2, 0.25) is 0 Å². The minimum absolute atomic E-state index is 0.0630. The van der Waals surface area contributed by atoms with Crippen molar-refractivity contribution in [3.8, 4) is 17.1 Å². The van der Waals surface area contributed by atoms with Gasteiger partial charge >= 0.3 is 12.2 Å². The predicted octanol–water partition coefficient (Wildman–Crippen LogP) is 4.11. The van der Waals surface area contributed by atoms with Crippen molar-refractivity contribution >= 4 is 23.5 Å². The second-order valence-corrected chi connectivity index (χ2v) is 10.2. The number of benzene rings is 1. The maximum absolute atomic E-state index is 13.4. The fourth-order valence-corrected chi connectivity index (χ4v) is 4.99. The van der Waals surface area contributed by atoms with Crippen molar-refractivity contribution < 1.29 is 32.2 Å². The van der Waals surface area contributed by atoms with Crippen LogP contribution in [-0.4, -0.2) is 70.2 Å². The number of halogens is 3. The van der Waals surface area contributed by atoms with Crippen molar-refractivity contribution in [2.45, 2.75) is 44.4 Å². The SMILES string of the molecule is CC1(C)OC[C@@H](COc2cnc(NC(=O)N3c4nc(-c5cccc(C(F)(F)F)c5)ncc4N4CC[C@H]3C4)nc2)O1. The Balaban J connectivity index is 1.19. The Morgan fingerprint density at radius 3 is 2.73 bits per heavy atom. The summed E-state index contributed by atoms with van der Waals surface area (Å²) in [6.07, 6.45) is 0.403. The molecule has 210 valence electrons. The van der Waals surface area contributed by atoms with E-state index in [9.17, 15) is 18.0 Å². The highest BCUT2D eigenvalue weighted by Gasteiger charge is 2.41. The van der Waals surface area contributed by atoms with E-state index in [0.29, 0.717) is 43.4 Å². The number of alkyl halides is 3. The number of amides is 2. The number of hydrogen-bond donors (Lipinski definition) is 1. The molecule has 2 amide bonds. The highest BCUT2D eigenvalue weighted by Crippen LogP contribution is 2.40. The Hall–Kier alpha value is -4.04. The zero-order valence-corrected chi connectivity index (χ0v) is 21.7. The summed E-state index contributed by atoms with van der Waals surface area (Å²) in [6.45, 7) is 5.62. The van der Waals surface area contributed by atoms with Gasteiger partial charge in [0.25, 0.3) is 0 Å². The van der Waals surface area contributed by atoms with Crippen LogP contribution in [0.5, 0.6) is 5.75 Å². The van der Waals surface area contributed by atoms with Gasteiger partial charge in [-0.3, -0.25) is 10.2 Å². The summed E-state index contributed by atoms with van der Waals surface area (Å²) in [7, 11) is 0. The van der Waals surface area contributed by atoms with Crippen LogP contribution < -0.4 is 19.9 Å². The van der Waals surface area contributed by atoms with E-state index >= 15 is 0 Å². The molecule has 6 rings (SSSR count). The van der Waals surface area contributed by atoms with Gasteiger partial charge in [0.1, 0.15) is 12.7 Å². The van der Waals surface area contributed by atoms with E-state index in [-0.39, 0.29) is 36.1 Å². The molecule has 2 atom stereocenters. The molecule has 1 N–H and O–H groups in total. The topological polar surface area (TPSA) is 115 Å². The van der Waals surface area contributed by atoms with Crippen LogP contribution in [-0.2, 0) is 15.7 Å². The first-order valence-electron chi connectivity index (χ1n) is 12.7. The van der Waals surface area contributed by atoms with E-state index in [1.807, 2.05) is 13.8 Å². The highest BCUT2D eigenvalue weighted by atomic mass is 19.4. The fourth-order valence-electron chi connectivity index (χ4n) is 4.99. The highest BCUT2D eigenvalue weighted by molar-refractivity contribution is 6.03. The zero-order chi connectivity index (χ0) is 28.1. The summed E-state index contributed by atoms with van der Waals surface area (Å²) in [4.78, 5) is 34.2. The number of anilines is 3. The smallest absolute Gasteiger partial charge is 0.416 e. The molecule has 14 heteroatoms. The van der Waals surface area contributed by atoms with Gasteiger partial charge in [0.05, 0.1) is 42.5 Å². The van der Waals surface area contributed by atoms with Crippen molar-refractivity contribution in [2.75, 3.05) is 41.4 Å². The largest absolute Gasteiger partial charge is 0.488 e. The van der Waals surface area contributed by atoms with E-state index in [0.717, 1.165) is 12.1 Å². The van der Waals surface area contributed by atoms with Gasteiger partial charge in [0.15, 0.2) is 23.2 Å². The Labute approximate surface area is 227 Å². The van der Waals surface area contributed by atoms with Crippen LogP contribution in [0, 0.1) is 0 Å². The van der Waals surface area contributed by atoms with Crippen LogP contribution in [0.15, 0.2) is 42.9 Å². The summed E-state index contributed by atoms with van der Waals surface area (Å²) in [5.74, 6) is 0.215. The molecular weight excluding hydrogens is 531 g/mol. The monoisotopic (exact) mass is 557 g/mol. The molecule has 1 aromatic carbocycles. The van der Waals surface area contributed by atoms with Crippen LogP contribution >= 0.6 is 0 Å². The summed E-state index contributed by atoms with van der Waals surface area (Å²) >= 11 is 0. The number of nitrogens with zero attached hydrogens (tertiary/aromatic N) is 6. The summed E-state index contributed by atoms with van der Waals surface area (Å²) < 4.78 is 56.7. The Kier molecular flexibility index (Phi) is 6.45. The molecule has 0 radical (unpaired) electrons. The van der Waals surface area contributed by atoms with Crippen molar-refractivity contribution in [2.24, 2.45) is 0 Å². The molecule has 0 spiro atoms. The second-order valence-electron chi connectivity index (χ2n) is 10.2. The number of rotatable bonds is 5. The van der Waals surface area contributed by atoms with E-state index in [2.05, 4.69) is 30.2 Å². The van der Waals surface area contributed by atoms with Gasteiger partial charge in [-0.1, -0.05) is 12.1 Å². The fraction of sp³-hybridized carbons (Fsp3) is 0.423. The first-order valence-corrected chi connectivity index (χ1v) is 12.7. The molecule has 3 aromatic rings. The number of carbonyl (C=O) groups is 1. The Bertz CT molecular complexity index is 1420. The van der Waals surface area contributed by atoms with Gasteiger partial charge < -0.3 is 19.1 Å². The third kappa shape index (κ3) is 5.23. The molecule has 3 aliphatic heterocycles. The van der Waals surface area contributed by atoms with Crippen LogP contribution in [0.4, 0.5) is 35.4 Å². The average Bonchev–Trinajstić information content (AvgIpc) is 3.50. The number of nitrogens with one attached hydrogen (secondary N) is 1. The molecule has 5 heterocycles. The summed E-state index contributed by atoms with van der Waals surface area (Å²) in [5.41, 5.74) is 0.0239. The lowest BCUT2D eigenvalue weighted by Crippen LogP contribution is -2.48. The minimum Gasteiger partial charge on any atom is -0.488 e. The standard InChI is InChI=1S/C26H26F3N7O4/c1-25(2)39-14-19(40-25)13-38-18-9-31-23(32-10-18)34-24(37)36-17-6-7-35(12-17)20-11-30-21(33-22(20)36)15-4-3-5-16(8-15)26(27,28)29/h3-5,8-11,17,19H,6-7,12-14H2,1-2H3,(H,31,32,34,37)/t17-,19+/m0/s1. The van der Waals surface area contributed by atoms with Crippen molar-refractivity contribution in [1.29, 1.82) is 0 Å². The number of urea groups is 1. The number of fused-ring (bicyclic) bond motifs is 4. The van der Waals surface area contributed by atoms with E-state index < -0.39 is 23.6 Å². The third-order valence-electron chi connectivity index (χ3n) is 6.86. The molecule has 2 saturated heterocycles. The number of aromatic nitrogens is 4. The Morgan fingerprint density at radius 1 is 1.20 bits per heavy atom. The molecule has 0 saturated carbocycles. The maximum Gasteiger partial charge on any atom is 0.416 e. The predicted molar refractivity (Wildman–Crippen MR) is 137 cm³/mol. The molecule has 40 heavy (non-hydrogen) atoms. The van der Waals surface area contributed by atoms with Gasteiger partial charge in [0.2, 0.25) is 5.95 Å². The number of ether oxygens (including phenoxy) is 3. The minimum atomic E-state index is -4.50. The summed E-state index contributed by atoms with van der Waals surface area (Å²) in [6, 6.07) is 4.10. The normalized spacial score (nSPS) is 21.3. The lowest BCUT2D eigenvalue weighted by molar-refractivity contribution is -0.141. The molecule has 0 aliphatic carbocycles. The first-order chi connectivity index (χ1) is 19.1.